The molecule has 0 saturated carbocycles. The molecule has 3 rings (SSSR count). The van der Waals surface area contributed by atoms with Gasteiger partial charge in [-0.1, -0.05) is 12.1 Å². The molecule has 0 aliphatic heterocycles. The minimum Gasteiger partial charge on any atom is -0.348 e. The molecule has 24 heavy (non-hydrogen) atoms. The van der Waals surface area contributed by atoms with Gasteiger partial charge in [0.2, 0.25) is 0 Å². The van der Waals surface area contributed by atoms with E-state index < -0.39 is 0 Å². The highest BCUT2D eigenvalue weighted by atomic mass is 32.1. The number of nitrogens with one attached hydrogen (secondary N) is 2. The number of hydrogen-bond acceptors (Lipinski definition) is 4. The lowest BCUT2D eigenvalue weighted by molar-refractivity contribution is 0.0950. The van der Waals surface area contributed by atoms with Crippen molar-refractivity contribution in [2.24, 2.45) is 0 Å². The van der Waals surface area contributed by atoms with Crippen molar-refractivity contribution >= 4 is 28.8 Å². The van der Waals surface area contributed by atoms with E-state index in [1.807, 2.05) is 23.6 Å². The third-order valence-corrected chi connectivity index (χ3v) is 4.03. The van der Waals surface area contributed by atoms with Gasteiger partial charge < -0.3 is 10.6 Å². The van der Waals surface area contributed by atoms with Crippen molar-refractivity contribution < 1.29 is 9.59 Å². The van der Waals surface area contributed by atoms with E-state index in [1.165, 1.54) is 17.5 Å². The molecule has 0 atom stereocenters. The minimum atomic E-state index is -0.220. The highest BCUT2D eigenvalue weighted by molar-refractivity contribution is 7.08. The number of amides is 2. The molecule has 0 aliphatic rings. The predicted molar refractivity (Wildman–Crippen MR) is 94.1 cm³/mol. The van der Waals surface area contributed by atoms with E-state index in [2.05, 4.69) is 15.6 Å². The Bertz CT molecular complexity index is 832. The lowest BCUT2D eigenvalue weighted by Crippen LogP contribution is -2.22. The fraction of sp³-hybridized carbons (Fsp3) is 0.0556. The van der Waals surface area contributed by atoms with Crippen LogP contribution in [-0.4, -0.2) is 16.8 Å². The van der Waals surface area contributed by atoms with Gasteiger partial charge in [-0.25, -0.2) is 0 Å². The Hall–Kier alpha value is -2.99. The Morgan fingerprint density at radius 3 is 2.71 bits per heavy atom. The summed E-state index contributed by atoms with van der Waals surface area (Å²) in [6.07, 6.45) is 3.13. The summed E-state index contributed by atoms with van der Waals surface area (Å²) in [7, 11) is 0. The van der Waals surface area contributed by atoms with E-state index in [-0.39, 0.29) is 11.8 Å². The first-order valence-corrected chi connectivity index (χ1v) is 8.27. The van der Waals surface area contributed by atoms with Gasteiger partial charge in [0.25, 0.3) is 11.8 Å². The van der Waals surface area contributed by atoms with Crippen LogP contribution >= 0.6 is 11.3 Å². The SMILES string of the molecule is O=C(NCc1cccc(NC(=O)c2cccnc2)c1)c1ccsc1. The van der Waals surface area contributed by atoms with E-state index in [0.717, 1.165) is 5.56 Å². The maximum atomic E-state index is 12.1. The third kappa shape index (κ3) is 4.05. The van der Waals surface area contributed by atoms with Crippen molar-refractivity contribution in [2.45, 2.75) is 6.54 Å². The van der Waals surface area contributed by atoms with Gasteiger partial charge >= 0.3 is 0 Å². The lowest BCUT2D eigenvalue weighted by atomic mass is 10.2. The number of thiophene rings is 1. The van der Waals surface area contributed by atoms with Crippen LogP contribution in [-0.2, 0) is 6.54 Å². The first kappa shape index (κ1) is 15.9. The average Bonchev–Trinajstić information content (AvgIpc) is 3.15. The van der Waals surface area contributed by atoms with Crippen LogP contribution in [0.4, 0.5) is 5.69 Å². The number of nitrogens with zero attached hydrogens (tertiary/aromatic N) is 1. The summed E-state index contributed by atoms with van der Waals surface area (Å²) in [5.41, 5.74) is 2.73. The van der Waals surface area contributed by atoms with Gasteiger partial charge in [0.1, 0.15) is 0 Å². The van der Waals surface area contributed by atoms with Gasteiger partial charge in [-0.2, -0.15) is 11.3 Å². The molecule has 0 spiro atoms. The van der Waals surface area contributed by atoms with Gasteiger partial charge in [-0.15, -0.1) is 0 Å². The number of anilines is 1. The van der Waals surface area contributed by atoms with Crippen LogP contribution in [0.25, 0.3) is 0 Å². The molecule has 0 unspecified atom stereocenters. The molecule has 0 fully saturated rings. The number of carbonyl (C=O) groups excluding carboxylic acids is 2. The summed E-state index contributed by atoms with van der Waals surface area (Å²) in [4.78, 5) is 28.0. The third-order valence-electron chi connectivity index (χ3n) is 3.35. The maximum absolute atomic E-state index is 12.1. The summed E-state index contributed by atoms with van der Waals surface area (Å²) in [5, 5.41) is 9.35. The minimum absolute atomic E-state index is 0.110. The molecule has 0 aliphatic carbocycles. The Kier molecular flexibility index (Phi) is 4.98. The second-order valence-electron chi connectivity index (χ2n) is 5.09. The van der Waals surface area contributed by atoms with Crippen molar-refractivity contribution in [3.63, 3.8) is 0 Å². The summed E-state index contributed by atoms with van der Waals surface area (Å²) in [5.74, 6) is -0.330. The topological polar surface area (TPSA) is 71.1 Å². The van der Waals surface area contributed by atoms with E-state index in [0.29, 0.717) is 23.4 Å². The van der Waals surface area contributed by atoms with Crippen LogP contribution in [0.5, 0.6) is 0 Å². The molecule has 5 nitrogen and oxygen atoms in total. The molecule has 0 saturated heterocycles. The molecule has 2 heterocycles. The zero-order valence-electron chi connectivity index (χ0n) is 12.7. The average molecular weight is 337 g/mol. The molecular formula is C18H15N3O2S. The van der Waals surface area contributed by atoms with Crippen molar-refractivity contribution in [1.29, 1.82) is 0 Å². The zero-order chi connectivity index (χ0) is 16.8. The normalized spacial score (nSPS) is 10.2. The van der Waals surface area contributed by atoms with Crippen molar-refractivity contribution in [2.75, 3.05) is 5.32 Å². The standard InChI is InChI=1S/C18H15N3O2S/c22-17(15-6-8-24-12-15)20-10-13-3-1-5-16(9-13)21-18(23)14-4-2-7-19-11-14/h1-9,11-12H,10H2,(H,20,22)(H,21,23). The highest BCUT2D eigenvalue weighted by Gasteiger charge is 2.07. The largest absolute Gasteiger partial charge is 0.348 e. The number of rotatable bonds is 5. The van der Waals surface area contributed by atoms with Gasteiger partial charge in [-0.3, -0.25) is 14.6 Å². The van der Waals surface area contributed by atoms with Crippen LogP contribution < -0.4 is 10.6 Å². The molecule has 0 bridgehead atoms. The molecule has 2 aromatic heterocycles. The molecule has 1 aromatic carbocycles. The lowest BCUT2D eigenvalue weighted by Gasteiger charge is -2.08. The van der Waals surface area contributed by atoms with E-state index in [4.69, 9.17) is 0 Å². The number of aromatic nitrogens is 1. The molecule has 2 amide bonds. The molecule has 0 radical (unpaired) electrons. The van der Waals surface area contributed by atoms with Crippen LogP contribution in [0.15, 0.2) is 65.6 Å². The predicted octanol–water partition coefficient (Wildman–Crippen LogP) is 3.33. The highest BCUT2D eigenvalue weighted by Crippen LogP contribution is 2.13. The Morgan fingerprint density at radius 1 is 1.04 bits per heavy atom. The fourth-order valence-corrected chi connectivity index (χ4v) is 2.77. The van der Waals surface area contributed by atoms with Crippen LogP contribution in [0.1, 0.15) is 26.3 Å². The smallest absolute Gasteiger partial charge is 0.257 e. The molecule has 3 aromatic rings. The van der Waals surface area contributed by atoms with Gasteiger partial charge in [0, 0.05) is 35.6 Å². The Morgan fingerprint density at radius 2 is 1.96 bits per heavy atom. The quantitative estimate of drug-likeness (QED) is 0.750. The van der Waals surface area contributed by atoms with Crippen molar-refractivity contribution in [3.05, 3.63) is 82.3 Å². The van der Waals surface area contributed by atoms with Gasteiger partial charge in [0.05, 0.1) is 5.56 Å². The summed E-state index contributed by atoms with van der Waals surface area (Å²) in [6, 6.07) is 12.6. The van der Waals surface area contributed by atoms with E-state index in [9.17, 15) is 9.59 Å². The number of benzene rings is 1. The first-order valence-electron chi connectivity index (χ1n) is 7.33. The van der Waals surface area contributed by atoms with Crippen molar-refractivity contribution in [1.82, 2.24) is 10.3 Å². The van der Waals surface area contributed by atoms with Gasteiger partial charge in [-0.05, 0) is 41.3 Å². The van der Waals surface area contributed by atoms with Gasteiger partial charge in [0.15, 0.2) is 0 Å². The molecular weight excluding hydrogens is 322 g/mol. The van der Waals surface area contributed by atoms with Crippen LogP contribution in [0.3, 0.4) is 0 Å². The zero-order valence-corrected chi connectivity index (χ0v) is 13.5. The summed E-state index contributed by atoms with van der Waals surface area (Å²) < 4.78 is 0. The molecule has 120 valence electrons. The monoisotopic (exact) mass is 337 g/mol. The van der Waals surface area contributed by atoms with E-state index >= 15 is 0 Å². The number of hydrogen-bond donors (Lipinski definition) is 2. The second-order valence-corrected chi connectivity index (χ2v) is 5.87. The summed E-state index contributed by atoms with van der Waals surface area (Å²) >= 11 is 1.48. The van der Waals surface area contributed by atoms with Crippen LogP contribution in [0, 0.1) is 0 Å². The van der Waals surface area contributed by atoms with Crippen molar-refractivity contribution in [3.8, 4) is 0 Å². The van der Waals surface area contributed by atoms with E-state index in [1.54, 1.807) is 35.8 Å². The fourth-order valence-electron chi connectivity index (χ4n) is 2.14. The molecule has 6 heteroatoms. The second kappa shape index (κ2) is 7.52. The maximum Gasteiger partial charge on any atom is 0.257 e. The Labute approximate surface area is 143 Å². The Balaban J connectivity index is 1.62. The number of carbonyl (C=O) groups is 2. The summed E-state index contributed by atoms with van der Waals surface area (Å²) in [6.45, 7) is 0.394. The van der Waals surface area contributed by atoms with Crippen LogP contribution in [0.2, 0.25) is 0 Å². The number of pyridine rings is 1. The molecule has 2 N–H and O–H groups in total. The first-order chi connectivity index (χ1) is 11.7.